The summed E-state index contributed by atoms with van der Waals surface area (Å²) in [5.41, 5.74) is 0. The van der Waals surface area contributed by atoms with Crippen molar-refractivity contribution in [1.29, 1.82) is 0 Å². The van der Waals surface area contributed by atoms with Crippen LogP contribution in [-0.2, 0) is 0 Å². The van der Waals surface area contributed by atoms with Crippen LogP contribution in [0.3, 0.4) is 0 Å². The molecule has 1 saturated heterocycles. The van der Waals surface area contributed by atoms with Crippen molar-refractivity contribution in [3.8, 4) is 5.75 Å². The Morgan fingerprint density at radius 2 is 2.18 bits per heavy atom. The molecule has 0 aliphatic carbocycles. The molecule has 0 aromatic carbocycles. The Balaban J connectivity index is 1.68. The lowest BCUT2D eigenvalue weighted by atomic mass is 10.1. The summed E-state index contributed by atoms with van der Waals surface area (Å²) in [5, 5.41) is 2.73. The number of amides is 1. The normalized spacial score (nSPS) is 16.4. The average Bonchev–Trinajstić information content (AvgIpc) is 3.06. The molecule has 1 fully saturated rings. The van der Waals surface area contributed by atoms with Gasteiger partial charge in [-0.15, -0.1) is 0 Å². The SMILES string of the molecule is CN1CCC(Oc2cccnc2NC(=O)c2ccco2)CC1. The van der Waals surface area contributed by atoms with Gasteiger partial charge in [0.25, 0.3) is 5.91 Å². The third kappa shape index (κ3) is 3.46. The van der Waals surface area contributed by atoms with Crippen molar-refractivity contribution in [2.24, 2.45) is 0 Å². The number of nitrogens with one attached hydrogen (secondary N) is 1. The van der Waals surface area contributed by atoms with E-state index < -0.39 is 0 Å². The lowest BCUT2D eigenvalue weighted by Gasteiger charge is -2.29. The van der Waals surface area contributed by atoms with Gasteiger partial charge in [0.15, 0.2) is 17.3 Å². The molecular weight excluding hydrogens is 282 g/mol. The van der Waals surface area contributed by atoms with Crippen LogP contribution in [0.4, 0.5) is 5.82 Å². The highest BCUT2D eigenvalue weighted by Gasteiger charge is 2.20. The van der Waals surface area contributed by atoms with E-state index in [1.54, 1.807) is 24.4 Å². The lowest BCUT2D eigenvalue weighted by molar-refractivity contribution is 0.0991. The molecule has 3 heterocycles. The molecule has 0 saturated carbocycles. The number of anilines is 1. The molecule has 1 aliphatic heterocycles. The smallest absolute Gasteiger partial charge is 0.292 e. The summed E-state index contributed by atoms with van der Waals surface area (Å²) < 4.78 is 11.1. The van der Waals surface area contributed by atoms with Crippen molar-refractivity contribution in [2.75, 3.05) is 25.5 Å². The molecule has 22 heavy (non-hydrogen) atoms. The van der Waals surface area contributed by atoms with Gasteiger partial charge in [-0.25, -0.2) is 4.98 Å². The highest BCUT2D eigenvalue weighted by molar-refractivity contribution is 6.02. The molecule has 0 unspecified atom stereocenters. The summed E-state index contributed by atoms with van der Waals surface area (Å²) in [6, 6.07) is 6.90. The topological polar surface area (TPSA) is 67.6 Å². The number of aromatic nitrogens is 1. The van der Waals surface area contributed by atoms with Crippen LogP contribution in [0.25, 0.3) is 0 Å². The molecule has 2 aromatic heterocycles. The van der Waals surface area contributed by atoms with E-state index in [-0.39, 0.29) is 17.8 Å². The van der Waals surface area contributed by atoms with Gasteiger partial charge < -0.3 is 19.4 Å². The average molecular weight is 301 g/mol. The van der Waals surface area contributed by atoms with Gasteiger partial charge >= 0.3 is 0 Å². The fourth-order valence-electron chi connectivity index (χ4n) is 2.44. The number of ether oxygens (including phenoxy) is 1. The number of nitrogens with zero attached hydrogens (tertiary/aromatic N) is 2. The quantitative estimate of drug-likeness (QED) is 0.939. The first-order valence-electron chi connectivity index (χ1n) is 7.37. The molecule has 6 nitrogen and oxygen atoms in total. The maximum absolute atomic E-state index is 12.1. The van der Waals surface area contributed by atoms with Crippen LogP contribution >= 0.6 is 0 Å². The molecule has 3 rings (SSSR count). The first kappa shape index (κ1) is 14.6. The molecular formula is C16H19N3O3. The molecule has 0 atom stereocenters. The zero-order valence-electron chi connectivity index (χ0n) is 12.5. The fourth-order valence-corrected chi connectivity index (χ4v) is 2.44. The van der Waals surface area contributed by atoms with Crippen LogP contribution in [0, 0.1) is 0 Å². The van der Waals surface area contributed by atoms with E-state index in [2.05, 4.69) is 22.2 Å². The van der Waals surface area contributed by atoms with E-state index in [9.17, 15) is 4.79 Å². The number of carbonyl (C=O) groups excluding carboxylic acids is 1. The first-order valence-corrected chi connectivity index (χ1v) is 7.37. The minimum absolute atomic E-state index is 0.152. The molecule has 1 amide bonds. The lowest BCUT2D eigenvalue weighted by Crippen LogP contribution is -2.35. The molecule has 0 radical (unpaired) electrons. The van der Waals surface area contributed by atoms with Crippen LogP contribution in [0.1, 0.15) is 23.4 Å². The van der Waals surface area contributed by atoms with Crippen LogP contribution < -0.4 is 10.1 Å². The number of furan rings is 1. The molecule has 116 valence electrons. The fraction of sp³-hybridized carbons (Fsp3) is 0.375. The number of hydrogen-bond acceptors (Lipinski definition) is 5. The molecule has 0 bridgehead atoms. The van der Waals surface area contributed by atoms with Gasteiger partial charge in [0, 0.05) is 19.3 Å². The van der Waals surface area contributed by atoms with Crippen molar-refractivity contribution < 1.29 is 13.9 Å². The highest BCUT2D eigenvalue weighted by atomic mass is 16.5. The van der Waals surface area contributed by atoms with E-state index >= 15 is 0 Å². The summed E-state index contributed by atoms with van der Waals surface area (Å²) >= 11 is 0. The minimum Gasteiger partial charge on any atom is -0.486 e. The van der Waals surface area contributed by atoms with Gasteiger partial charge in [-0.2, -0.15) is 0 Å². The summed E-state index contributed by atoms with van der Waals surface area (Å²) in [6.07, 6.45) is 5.18. The summed E-state index contributed by atoms with van der Waals surface area (Å²) in [4.78, 5) is 18.5. The Kier molecular flexibility index (Phi) is 4.39. The second-order valence-corrected chi connectivity index (χ2v) is 5.40. The maximum Gasteiger partial charge on any atom is 0.292 e. The van der Waals surface area contributed by atoms with E-state index in [1.165, 1.54) is 6.26 Å². The number of carbonyl (C=O) groups is 1. The number of hydrogen-bond donors (Lipinski definition) is 1. The first-order chi connectivity index (χ1) is 10.7. The van der Waals surface area contributed by atoms with Crippen molar-refractivity contribution in [3.63, 3.8) is 0 Å². The summed E-state index contributed by atoms with van der Waals surface area (Å²) in [7, 11) is 2.11. The Morgan fingerprint density at radius 1 is 1.36 bits per heavy atom. The van der Waals surface area contributed by atoms with Crippen LogP contribution in [0.2, 0.25) is 0 Å². The predicted molar refractivity (Wildman–Crippen MR) is 82.0 cm³/mol. The van der Waals surface area contributed by atoms with Crippen LogP contribution in [0.5, 0.6) is 5.75 Å². The van der Waals surface area contributed by atoms with E-state index in [1.807, 2.05) is 6.07 Å². The highest BCUT2D eigenvalue weighted by Crippen LogP contribution is 2.25. The number of piperidine rings is 1. The van der Waals surface area contributed by atoms with Gasteiger partial charge in [-0.3, -0.25) is 4.79 Å². The molecule has 6 heteroatoms. The van der Waals surface area contributed by atoms with Gasteiger partial charge in [0.1, 0.15) is 6.10 Å². The van der Waals surface area contributed by atoms with Gasteiger partial charge in [0.2, 0.25) is 0 Å². The second-order valence-electron chi connectivity index (χ2n) is 5.40. The van der Waals surface area contributed by atoms with E-state index in [4.69, 9.17) is 9.15 Å². The predicted octanol–water partition coefficient (Wildman–Crippen LogP) is 2.40. The number of rotatable bonds is 4. The van der Waals surface area contributed by atoms with E-state index in [0.29, 0.717) is 11.6 Å². The van der Waals surface area contributed by atoms with Crippen molar-refractivity contribution in [1.82, 2.24) is 9.88 Å². The Morgan fingerprint density at radius 3 is 2.91 bits per heavy atom. The minimum atomic E-state index is -0.336. The summed E-state index contributed by atoms with van der Waals surface area (Å²) in [6.45, 7) is 2.03. The molecule has 1 aliphatic rings. The van der Waals surface area contributed by atoms with Crippen LogP contribution in [0.15, 0.2) is 41.1 Å². The third-order valence-electron chi connectivity index (χ3n) is 3.71. The second kappa shape index (κ2) is 6.62. The monoisotopic (exact) mass is 301 g/mol. The zero-order chi connectivity index (χ0) is 15.4. The molecule has 2 aromatic rings. The van der Waals surface area contributed by atoms with Gasteiger partial charge in [0.05, 0.1) is 6.26 Å². The van der Waals surface area contributed by atoms with Crippen LogP contribution in [-0.4, -0.2) is 42.0 Å². The Bertz CT molecular complexity index is 619. The Labute approximate surface area is 129 Å². The standard InChI is InChI=1S/C16H19N3O3/c1-19-9-6-12(7-10-19)22-13-4-2-8-17-15(13)18-16(20)14-5-3-11-21-14/h2-5,8,11-12H,6-7,9-10H2,1H3,(H,17,18,20). The van der Waals surface area contributed by atoms with E-state index in [0.717, 1.165) is 25.9 Å². The number of likely N-dealkylation sites (tertiary alicyclic amines) is 1. The van der Waals surface area contributed by atoms with Crippen molar-refractivity contribution in [2.45, 2.75) is 18.9 Å². The van der Waals surface area contributed by atoms with Crippen molar-refractivity contribution >= 4 is 11.7 Å². The maximum atomic E-state index is 12.1. The van der Waals surface area contributed by atoms with Crippen molar-refractivity contribution in [3.05, 3.63) is 42.5 Å². The van der Waals surface area contributed by atoms with Gasteiger partial charge in [-0.05, 0) is 44.2 Å². The third-order valence-corrected chi connectivity index (χ3v) is 3.71. The molecule has 0 spiro atoms. The van der Waals surface area contributed by atoms with Gasteiger partial charge in [-0.1, -0.05) is 0 Å². The summed E-state index contributed by atoms with van der Waals surface area (Å²) in [5.74, 6) is 0.924. The molecule has 1 N–H and O–H groups in total. The zero-order valence-corrected chi connectivity index (χ0v) is 12.5. The number of pyridine rings is 1. The Hall–Kier alpha value is -2.34. The largest absolute Gasteiger partial charge is 0.486 e.